The molecule has 0 aliphatic rings. The summed E-state index contributed by atoms with van der Waals surface area (Å²) in [5.74, 6) is 0. The van der Waals surface area contributed by atoms with E-state index in [4.69, 9.17) is 0 Å². The molecule has 0 atom stereocenters. The molecule has 0 N–H and O–H groups in total. The van der Waals surface area contributed by atoms with Gasteiger partial charge in [-0.05, 0) is 17.2 Å². The van der Waals surface area contributed by atoms with E-state index in [0.717, 1.165) is 11.1 Å². The third-order valence-corrected chi connectivity index (χ3v) is 2.42. The molecule has 0 spiro atoms. The summed E-state index contributed by atoms with van der Waals surface area (Å²) in [4.78, 5) is 11.4. The van der Waals surface area contributed by atoms with E-state index in [2.05, 4.69) is 0 Å². The van der Waals surface area contributed by atoms with E-state index in [1.165, 1.54) is 0 Å². The number of rotatable bonds is 1. The number of nitrogens with zero attached hydrogens (tertiary/aromatic N) is 2. The molecule has 2 aromatic rings. The molecule has 0 aromatic carbocycles. The van der Waals surface area contributed by atoms with Crippen molar-refractivity contribution < 1.29 is 29.4 Å². The smallest absolute Gasteiger partial charge is 0.250 e. The molecule has 92 valence electrons. The summed E-state index contributed by atoms with van der Waals surface area (Å²) in [6, 6.07) is 7.58. The van der Waals surface area contributed by atoms with Gasteiger partial charge in [0, 0.05) is 31.4 Å². The van der Waals surface area contributed by atoms with Crippen molar-refractivity contribution in [1.82, 2.24) is 4.57 Å². The number of hydrogen-bond acceptors (Lipinski definition) is 1. The molecule has 2 heterocycles. The van der Waals surface area contributed by atoms with Gasteiger partial charge in [-0.15, -0.1) is 0 Å². The van der Waals surface area contributed by atoms with Crippen molar-refractivity contribution in [2.75, 3.05) is 0 Å². The maximum absolute atomic E-state index is 11.4. The predicted octanol–water partition coefficient (Wildman–Crippen LogP) is -5.12. The highest BCUT2D eigenvalue weighted by molar-refractivity contribution is 5.61. The summed E-state index contributed by atoms with van der Waals surface area (Å²) in [5.41, 5.74) is 2.03. The SMILES string of the molecule is Cn1ccc(-c2cc[n+](C)cc2)cc1=O.[Cl-].[Cl-]. The summed E-state index contributed by atoms with van der Waals surface area (Å²) in [6.07, 6.45) is 5.71. The van der Waals surface area contributed by atoms with Crippen molar-refractivity contribution >= 4 is 0 Å². The minimum atomic E-state index is 0. The van der Waals surface area contributed by atoms with Crippen LogP contribution in [-0.2, 0) is 14.1 Å². The molecule has 0 unspecified atom stereocenters. The molecule has 0 fully saturated rings. The van der Waals surface area contributed by atoms with Gasteiger partial charge in [-0.2, -0.15) is 0 Å². The number of halogens is 2. The Bertz CT molecular complexity index is 535. The van der Waals surface area contributed by atoms with Gasteiger partial charge in [0.15, 0.2) is 12.4 Å². The summed E-state index contributed by atoms with van der Waals surface area (Å²) in [7, 11) is 3.71. The van der Waals surface area contributed by atoms with Crippen LogP contribution in [0.1, 0.15) is 0 Å². The van der Waals surface area contributed by atoms with Gasteiger partial charge in [-0.1, -0.05) is 0 Å². The van der Waals surface area contributed by atoms with Crippen LogP contribution in [0.2, 0.25) is 0 Å². The first-order valence-electron chi connectivity index (χ1n) is 4.79. The zero-order chi connectivity index (χ0) is 10.8. The average Bonchev–Trinajstić information content (AvgIpc) is 2.23. The fraction of sp³-hybridized carbons (Fsp3) is 0.167. The van der Waals surface area contributed by atoms with Crippen molar-refractivity contribution in [3.05, 3.63) is 53.2 Å². The molecule has 0 aliphatic heterocycles. The quantitative estimate of drug-likeness (QED) is 0.477. The highest BCUT2D eigenvalue weighted by Crippen LogP contribution is 2.14. The molecule has 5 heteroatoms. The fourth-order valence-corrected chi connectivity index (χ4v) is 1.42. The third kappa shape index (κ3) is 3.58. The van der Waals surface area contributed by atoms with Crippen molar-refractivity contribution in [1.29, 1.82) is 0 Å². The van der Waals surface area contributed by atoms with Gasteiger partial charge < -0.3 is 29.4 Å². The monoisotopic (exact) mass is 271 g/mol. The van der Waals surface area contributed by atoms with Crippen molar-refractivity contribution in [3.8, 4) is 11.1 Å². The molecule has 0 radical (unpaired) electrons. The van der Waals surface area contributed by atoms with Gasteiger partial charge in [0.1, 0.15) is 7.05 Å². The van der Waals surface area contributed by atoms with E-state index in [0.29, 0.717) is 0 Å². The zero-order valence-corrected chi connectivity index (χ0v) is 11.1. The minimum absolute atomic E-state index is 0. The second-order valence-corrected chi connectivity index (χ2v) is 3.62. The van der Waals surface area contributed by atoms with Gasteiger partial charge >= 0.3 is 0 Å². The second-order valence-electron chi connectivity index (χ2n) is 3.62. The first kappa shape index (κ1) is 15.7. The van der Waals surface area contributed by atoms with Crippen LogP contribution in [0.4, 0.5) is 0 Å². The lowest BCUT2D eigenvalue weighted by molar-refractivity contribution is -0.671. The summed E-state index contributed by atoms with van der Waals surface area (Å²) < 4.78 is 3.52. The fourth-order valence-electron chi connectivity index (χ4n) is 1.42. The molecule has 17 heavy (non-hydrogen) atoms. The molecule has 0 saturated heterocycles. The molecular weight excluding hydrogens is 259 g/mol. The van der Waals surface area contributed by atoms with E-state index in [9.17, 15) is 4.79 Å². The Kier molecular flexibility index (Phi) is 5.93. The third-order valence-electron chi connectivity index (χ3n) is 2.42. The van der Waals surface area contributed by atoms with Crippen LogP contribution in [0.25, 0.3) is 11.1 Å². The van der Waals surface area contributed by atoms with Gasteiger partial charge in [0.2, 0.25) is 0 Å². The first-order valence-corrected chi connectivity index (χ1v) is 4.79. The maximum Gasteiger partial charge on any atom is 0.250 e. The van der Waals surface area contributed by atoms with Crippen LogP contribution < -0.4 is 34.9 Å². The van der Waals surface area contributed by atoms with Crippen LogP contribution in [0.3, 0.4) is 0 Å². The largest absolute Gasteiger partial charge is 1.00 e. The van der Waals surface area contributed by atoms with Crippen molar-refractivity contribution in [2.24, 2.45) is 14.1 Å². The standard InChI is InChI=1S/C12H13N2O.2ClH/c1-13-6-3-10(4-7-13)11-5-8-14(2)12(15)9-11;;/h3-9H,1-2H3;2*1H/q+1;;/p-2. The molecule has 2 aromatic heterocycles. The zero-order valence-electron chi connectivity index (χ0n) is 9.60. The number of aryl methyl sites for hydroxylation is 2. The van der Waals surface area contributed by atoms with Gasteiger partial charge in [0.25, 0.3) is 5.56 Å². The van der Waals surface area contributed by atoms with Crippen LogP contribution in [0.5, 0.6) is 0 Å². The number of aromatic nitrogens is 2. The van der Waals surface area contributed by atoms with E-state index < -0.39 is 0 Å². The minimum Gasteiger partial charge on any atom is -1.00 e. The lowest BCUT2D eigenvalue weighted by Gasteiger charge is -2.01. The van der Waals surface area contributed by atoms with E-state index >= 15 is 0 Å². The van der Waals surface area contributed by atoms with Gasteiger partial charge in [-0.3, -0.25) is 4.79 Å². The van der Waals surface area contributed by atoms with Crippen molar-refractivity contribution in [3.63, 3.8) is 0 Å². The molecule has 2 rings (SSSR count). The highest BCUT2D eigenvalue weighted by atomic mass is 35.5. The second kappa shape index (κ2) is 6.42. The van der Waals surface area contributed by atoms with E-state index in [-0.39, 0.29) is 30.4 Å². The average molecular weight is 272 g/mol. The van der Waals surface area contributed by atoms with Gasteiger partial charge in [0.05, 0.1) is 0 Å². The Morgan fingerprint density at radius 1 is 1.06 bits per heavy atom. The lowest BCUT2D eigenvalue weighted by Crippen LogP contribution is -3.00. The van der Waals surface area contributed by atoms with Crippen LogP contribution in [0, 0.1) is 0 Å². The van der Waals surface area contributed by atoms with E-state index in [1.807, 2.05) is 42.2 Å². The molecule has 0 bridgehead atoms. The normalized spacial score (nSPS) is 9.06. The first-order chi connectivity index (χ1) is 7.16. The highest BCUT2D eigenvalue weighted by Gasteiger charge is 2.00. The van der Waals surface area contributed by atoms with Crippen LogP contribution in [0.15, 0.2) is 47.7 Å². The number of pyridine rings is 2. The Morgan fingerprint density at radius 2 is 1.65 bits per heavy atom. The predicted molar refractivity (Wildman–Crippen MR) is 58.3 cm³/mol. The van der Waals surface area contributed by atoms with Crippen LogP contribution >= 0.6 is 0 Å². The Balaban J connectivity index is 0.00000128. The molecule has 0 saturated carbocycles. The van der Waals surface area contributed by atoms with E-state index in [1.54, 1.807) is 23.9 Å². The van der Waals surface area contributed by atoms with Crippen LogP contribution in [-0.4, -0.2) is 4.57 Å². The molecular formula is C12H13Cl2N2O-. The molecule has 0 aliphatic carbocycles. The summed E-state index contributed by atoms with van der Waals surface area (Å²) in [6.45, 7) is 0. The summed E-state index contributed by atoms with van der Waals surface area (Å²) in [5, 5.41) is 0. The number of hydrogen-bond donors (Lipinski definition) is 0. The molecule has 0 amide bonds. The Labute approximate surface area is 113 Å². The topological polar surface area (TPSA) is 25.9 Å². The van der Waals surface area contributed by atoms with Gasteiger partial charge in [-0.25, -0.2) is 4.57 Å². The Morgan fingerprint density at radius 3 is 2.18 bits per heavy atom. The summed E-state index contributed by atoms with van der Waals surface area (Å²) >= 11 is 0. The van der Waals surface area contributed by atoms with Crippen molar-refractivity contribution in [2.45, 2.75) is 0 Å². The molecule has 3 nitrogen and oxygen atoms in total. The Hall–Kier alpha value is -1.32. The maximum atomic E-state index is 11.4. The lowest BCUT2D eigenvalue weighted by atomic mass is 10.1.